The fraction of sp³-hybridized carbons (Fsp3) is 0.0476. The summed E-state index contributed by atoms with van der Waals surface area (Å²) in [6.45, 7) is 0. The van der Waals surface area contributed by atoms with Gasteiger partial charge < -0.3 is 0 Å². The van der Waals surface area contributed by atoms with Gasteiger partial charge >= 0.3 is 6.18 Å². The molecule has 2 aromatic carbocycles. The quantitative estimate of drug-likeness (QED) is 0.387. The number of aromatic nitrogens is 2. The zero-order chi connectivity index (χ0) is 19.0. The van der Waals surface area contributed by atoms with Crippen molar-refractivity contribution >= 4 is 22.6 Å². The minimum Gasteiger partial charge on any atom is -0.237 e. The van der Waals surface area contributed by atoms with E-state index in [-0.39, 0.29) is 21.9 Å². The van der Waals surface area contributed by atoms with Crippen molar-refractivity contribution in [2.24, 2.45) is 0 Å². The molecule has 6 heteroatoms. The number of benzene rings is 2. The van der Waals surface area contributed by atoms with Crippen molar-refractivity contribution in [3.8, 4) is 22.4 Å². The average molecular weight is 385 g/mol. The van der Waals surface area contributed by atoms with Crippen LogP contribution in [0.2, 0.25) is 5.02 Å². The standard InChI is InChI=1S/C21H12ClF3N2/c22-16-11-5-4-9-14(16)17-15-10-6-12-26-20(15)27-19(18(17)21(23,24)25)13-7-2-1-3-8-13/h1-12H. The third-order valence-electron chi connectivity index (χ3n) is 4.23. The normalized spacial score (nSPS) is 11.7. The van der Waals surface area contributed by atoms with Gasteiger partial charge in [-0.05, 0) is 18.2 Å². The molecule has 0 N–H and O–H groups in total. The molecule has 0 saturated heterocycles. The molecule has 0 saturated carbocycles. The number of hydrogen-bond donors (Lipinski definition) is 0. The molecule has 0 atom stereocenters. The van der Waals surface area contributed by atoms with E-state index in [1.807, 2.05) is 0 Å². The fourth-order valence-electron chi connectivity index (χ4n) is 3.12. The first-order valence-corrected chi connectivity index (χ1v) is 8.51. The van der Waals surface area contributed by atoms with Crippen LogP contribution in [0.3, 0.4) is 0 Å². The summed E-state index contributed by atoms with van der Waals surface area (Å²) in [5.41, 5.74) is -0.0920. The minimum absolute atomic E-state index is 0.00921. The lowest BCUT2D eigenvalue weighted by Gasteiger charge is -2.20. The largest absolute Gasteiger partial charge is 0.419 e. The third-order valence-corrected chi connectivity index (χ3v) is 4.56. The molecule has 0 aliphatic rings. The van der Waals surface area contributed by atoms with Crippen molar-refractivity contribution in [1.82, 2.24) is 9.97 Å². The van der Waals surface area contributed by atoms with Crippen LogP contribution in [0, 0.1) is 0 Å². The van der Waals surface area contributed by atoms with Gasteiger partial charge in [0.25, 0.3) is 0 Å². The molecule has 0 fully saturated rings. The molecule has 2 heterocycles. The van der Waals surface area contributed by atoms with E-state index in [4.69, 9.17) is 11.6 Å². The van der Waals surface area contributed by atoms with E-state index in [0.29, 0.717) is 16.5 Å². The van der Waals surface area contributed by atoms with Gasteiger partial charge in [-0.25, -0.2) is 9.97 Å². The average Bonchev–Trinajstić information content (AvgIpc) is 2.67. The molecular formula is C21H12ClF3N2. The second kappa shape index (κ2) is 6.67. The van der Waals surface area contributed by atoms with Gasteiger partial charge in [0.2, 0.25) is 0 Å². The topological polar surface area (TPSA) is 25.8 Å². The Hall–Kier alpha value is -2.92. The smallest absolute Gasteiger partial charge is 0.237 e. The van der Waals surface area contributed by atoms with Gasteiger partial charge in [-0.15, -0.1) is 0 Å². The highest BCUT2D eigenvalue weighted by Gasteiger charge is 2.39. The third kappa shape index (κ3) is 3.15. The highest BCUT2D eigenvalue weighted by Crippen LogP contribution is 2.46. The summed E-state index contributed by atoms with van der Waals surface area (Å²) in [7, 11) is 0. The number of nitrogens with zero attached hydrogens (tertiary/aromatic N) is 2. The number of alkyl halides is 3. The van der Waals surface area contributed by atoms with Crippen molar-refractivity contribution in [3.05, 3.63) is 83.5 Å². The summed E-state index contributed by atoms with van der Waals surface area (Å²) in [5, 5.41) is 0.538. The molecule has 27 heavy (non-hydrogen) atoms. The second-order valence-electron chi connectivity index (χ2n) is 5.93. The van der Waals surface area contributed by atoms with Crippen LogP contribution in [0.25, 0.3) is 33.4 Å². The number of pyridine rings is 2. The van der Waals surface area contributed by atoms with Crippen LogP contribution in [0.1, 0.15) is 5.56 Å². The maximum Gasteiger partial charge on any atom is 0.419 e. The first kappa shape index (κ1) is 17.5. The molecule has 0 spiro atoms. The van der Waals surface area contributed by atoms with E-state index in [0.717, 1.165) is 0 Å². The predicted molar refractivity (Wildman–Crippen MR) is 100 cm³/mol. The number of rotatable bonds is 2. The summed E-state index contributed by atoms with van der Waals surface area (Å²) in [6, 6.07) is 18.0. The predicted octanol–water partition coefficient (Wildman–Crippen LogP) is 6.64. The summed E-state index contributed by atoms with van der Waals surface area (Å²) >= 11 is 6.27. The van der Waals surface area contributed by atoms with E-state index < -0.39 is 11.7 Å². The van der Waals surface area contributed by atoms with Crippen LogP contribution in [-0.4, -0.2) is 9.97 Å². The molecule has 0 unspecified atom stereocenters. The molecule has 0 amide bonds. The SMILES string of the molecule is FC(F)(F)c1c(-c2ccccc2)nc2ncccc2c1-c1ccccc1Cl. The Morgan fingerprint density at radius 1 is 0.815 bits per heavy atom. The highest BCUT2D eigenvalue weighted by molar-refractivity contribution is 6.33. The van der Waals surface area contributed by atoms with Gasteiger partial charge in [0.15, 0.2) is 5.65 Å². The first-order chi connectivity index (χ1) is 13.0. The van der Waals surface area contributed by atoms with Crippen molar-refractivity contribution in [3.63, 3.8) is 0 Å². The highest BCUT2D eigenvalue weighted by atomic mass is 35.5. The molecule has 0 bridgehead atoms. The maximum absolute atomic E-state index is 14.2. The Bertz CT molecular complexity index is 1130. The van der Waals surface area contributed by atoms with Crippen molar-refractivity contribution in [2.75, 3.05) is 0 Å². The second-order valence-corrected chi connectivity index (χ2v) is 6.34. The van der Waals surface area contributed by atoms with E-state index in [1.54, 1.807) is 66.7 Å². The fourth-order valence-corrected chi connectivity index (χ4v) is 3.35. The van der Waals surface area contributed by atoms with E-state index in [9.17, 15) is 13.2 Å². The molecule has 4 aromatic rings. The molecule has 0 aliphatic heterocycles. The van der Waals surface area contributed by atoms with Crippen LogP contribution >= 0.6 is 11.6 Å². The summed E-state index contributed by atoms with van der Waals surface area (Å²) < 4.78 is 42.7. The lowest BCUT2D eigenvalue weighted by Crippen LogP contribution is -2.12. The van der Waals surface area contributed by atoms with Crippen LogP contribution in [-0.2, 0) is 6.18 Å². The maximum atomic E-state index is 14.2. The van der Waals surface area contributed by atoms with Crippen LogP contribution < -0.4 is 0 Å². The van der Waals surface area contributed by atoms with Gasteiger partial charge in [-0.1, -0.05) is 60.1 Å². The molecule has 2 nitrogen and oxygen atoms in total. The first-order valence-electron chi connectivity index (χ1n) is 8.13. The molecule has 4 rings (SSSR count). The Kier molecular flexibility index (Phi) is 4.32. The Morgan fingerprint density at radius 2 is 1.52 bits per heavy atom. The van der Waals surface area contributed by atoms with Gasteiger partial charge in [0.1, 0.15) is 0 Å². The Balaban J connectivity index is 2.22. The van der Waals surface area contributed by atoms with E-state index in [1.165, 1.54) is 6.20 Å². The number of halogens is 4. The Labute approximate surface area is 158 Å². The Morgan fingerprint density at radius 3 is 2.22 bits per heavy atom. The molecular weight excluding hydrogens is 373 g/mol. The summed E-state index contributed by atoms with van der Waals surface area (Å²) in [6.07, 6.45) is -3.12. The molecule has 0 aliphatic carbocycles. The number of hydrogen-bond acceptors (Lipinski definition) is 2. The lowest BCUT2D eigenvalue weighted by molar-refractivity contribution is -0.136. The summed E-state index contributed by atoms with van der Waals surface area (Å²) in [4.78, 5) is 8.44. The minimum atomic E-state index is -4.63. The molecule has 2 aromatic heterocycles. The van der Waals surface area contributed by atoms with E-state index in [2.05, 4.69) is 9.97 Å². The zero-order valence-corrected chi connectivity index (χ0v) is 14.6. The zero-order valence-electron chi connectivity index (χ0n) is 13.8. The van der Waals surface area contributed by atoms with Gasteiger partial charge in [0.05, 0.1) is 11.3 Å². The number of fused-ring (bicyclic) bond motifs is 1. The van der Waals surface area contributed by atoms with Gasteiger partial charge in [-0.2, -0.15) is 13.2 Å². The van der Waals surface area contributed by atoms with Crippen LogP contribution in [0.15, 0.2) is 72.9 Å². The van der Waals surface area contributed by atoms with E-state index >= 15 is 0 Å². The van der Waals surface area contributed by atoms with Crippen LogP contribution in [0.5, 0.6) is 0 Å². The van der Waals surface area contributed by atoms with Crippen LogP contribution in [0.4, 0.5) is 13.2 Å². The molecule has 134 valence electrons. The van der Waals surface area contributed by atoms with Gasteiger partial charge in [-0.3, -0.25) is 0 Å². The summed E-state index contributed by atoms with van der Waals surface area (Å²) in [5.74, 6) is 0. The van der Waals surface area contributed by atoms with Crippen molar-refractivity contribution in [2.45, 2.75) is 6.18 Å². The van der Waals surface area contributed by atoms with Gasteiger partial charge in [0, 0.05) is 33.3 Å². The monoisotopic (exact) mass is 384 g/mol. The van der Waals surface area contributed by atoms with Crippen molar-refractivity contribution < 1.29 is 13.2 Å². The van der Waals surface area contributed by atoms with Crippen molar-refractivity contribution in [1.29, 1.82) is 0 Å². The lowest BCUT2D eigenvalue weighted by atomic mass is 9.92. The molecule has 0 radical (unpaired) electrons.